The number of nitrogens with zero attached hydrogens (tertiary/aromatic N) is 1. The van der Waals surface area contributed by atoms with E-state index in [9.17, 15) is 13.2 Å². The van der Waals surface area contributed by atoms with E-state index < -0.39 is 22.2 Å². The molecule has 1 heterocycles. The zero-order valence-electron chi connectivity index (χ0n) is 14.1. The van der Waals surface area contributed by atoms with Gasteiger partial charge in [-0.05, 0) is 30.3 Å². The first kappa shape index (κ1) is 18.5. The lowest BCUT2D eigenvalue weighted by Crippen LogP contribution is -2.16. The van der Waals surface area contributed by atoms with Gasteiger partial charge >= 0.3 is 5.97 Å². The zero-order chi connectivity index (χ0) is 18.9. The summed E-state index contributed by atoms with van der Waals surface area (Å²) in [5.74, 6) is -0.412. The zero-order valence-corrected chi connectivity index (χ0v) is 16.5. The summed E-state index contributed by atoms with van der Waals surface area (Å²) in [5.41, 5.74) is 2.01. The molecule has 0 aliphatic heterocycles. The molecular formula is C18H17BrN2O4S. The van der Waals surface area contributed by atoms with Crippen molar-refractivity contribution in [2.24, 2.45) is 0 Å². The molecule has 1 N–H and O–H groups in total. The normalized spacial score (nSPS) is 12.7. The summed E-state index contributed by atoms with van der Waals surface area (Å²) in [6, 6.07) is 14.5. The minimum absolute atomic E-state index is 0.412. The number of aromatic nitrogens is 1. The Morgan fingerprint density at radius 1 is 1.15 bits per heavy atom. The molecule has 0 saturated heterocycles. The minimum Gasteiger partial charge on any atom is -0.437 e. The molecule has 1 aromatic heterocycles. The first-order chi connectivity index (χ1) is 12.2. The van der Waals surface area contributed by atoms with E-state index in [-0.39, 0.29) is 0 Å². The van der Waals surface area contributed by atoms with Gasteiger partial charge in [-0.25, -0.2) is 8.42 Å². The van der Waals surface area contributed by atoms with Gasteiger partial charge in [0, 0.05) is 28.5 Å². The molecule has 0 aliphatic rings. The van der Waals surface area contributed by atoms with Gasteiger partial charge in [-0.3, -0.25) is 9.52 Å². The van der Waals surface area contributed by atoms with Crippen molar-refractivity contribution >= 4 is 48.5 Å². The average molecular weight is 437 g/mol. The predicted molar refractivity (Wildman–Crippen MR) is 104 cm³/mol. The molecule has 8 heteroatoms. The van der Waals surface area contributed by atoms with Crippen molar-refractivity contribution in [2.75, 3.05) is 11.0 Å². The highest BCUT2D eigenvalue weighted by Gasteiger charge is 2.20. The Morgan fingerprint density at radius 3 is 2.46 bits per heavy atom. The van der Waals surface area contributed by atoms with Gasteiger partial charge in [-0.2, -0.15) is 0 Å². The topological polar surface area (TPSA) is 77.4 Å². The molecule has 0 fully saturated rings. The second-order valence-corrected chi connectivity index (χ2v) is 8.51. The van der Waals surface area contributed by atoms with Crippen LogP contribution in [0, 0.1) is 0 Å². The van der Waals surface area contributed by atoms with E-state index in [1.807, 2.05) is 30.3 Å². The number of benzene rings is 2. The Bertz CT molecular complexity index is 1060. The fourth-order valence-electron chi connectivity index (χ4n) is 2.75. The summed E-state index contributed by atoms with van der Waals surface area (Å²) < 4.78 is 33.9. The lowest BCUT2D eigenvalue weighted by molar-refractivity contribution is -0.148. The molecule has 1 unspecified atom stereocenters. The average Bonchev–Trinajstić information content (AvgIpc) is 2.97. The van der Waals surface area contributed by atoms with Gasteiger partial charge in [-0.15, -0.1) is 0 Å². The van der Waals surface area contributed by atoms with E-state index in [2.05, 4.69) is 20.7 Å². The maximum Gasteiger partial charge on any atom is 0.304 e. The van der Waals surface area contributed by atoms with Gasteiger partial charge < -0.3 is 9.30 Å². The Labute approximate surface area is 160 Å². The van der Waals surface area contributed by atoms with Crippen LogP contribution in [-0.2, 0) is 19.6 Å². The highest BCUT2D eigenvalue weighted by molar-refractivity contribution is 9.10. The van der Waals surface area contributed by atoms with E-state index >= 15 is 0 Å². The third-order valence-electron chi connectivity index (χ3n) is 3.74. The largest absolute Gasteiger partial charge is 0.437 e. The number of nitrogens with one attached hydrogen (secondary N) is 1. The monoisotopic (exact) mass is 436 g/mol. The van der Waals surface area contributed by atoms with Gasteiger partial charge in [0.1, 0.15) is 0 Å². The maximum absolute atomic E-state index is 11.6. The number of halogens is 1. The number of hydrogen-bond acceptors (Lipinski definition) is 4. The minimum atomic E-state index is -3.41. The summed E-state index contributed by atoms with van der Waals surface area (Å²) in [6.45, 7) is 1.36. The number of carbonyl (C=O) groups is 1. The van der Waals surface area contributed by atoms with E-state index in [0.29, 0.717) is 11.1 Å². The first-order valence-electron chi connectivity index (χ1n) is 7.74. The van der Waals surface area contributed by atoms with E-state index in [1.54, 1.807) is 29.0 Å². The van der Waals surface area contributed by atoms with Gasteiger partial charge in [-0.1, -0.05) is 34.1 Å². The third-order valence-corrected chi connectivity index (χ3v) is 4.86. The predicted octanol–water partition coefficient (Wildman–Crippen LogP) is 3.89. The van der Waals surface area contributed by atoms with Crippen LogP contribution in [0.25, 0.3) is 10.9 Å². The summed E-state index contributed by atoms with van der Waals surface area (Å²) >= 11 is 3.39. The highest BCUT2D eigenvalue weighted by atomic mass is 79.9. The van der Waals surface area contributed by atoms with E-state index in [1.165, 1.54) is 6.92 Å². The molecule has 0 bridgehead atoms. The molecule has 1 atom stereocenters. The smallest absolute Gasteiger partial charge is 0.304 e. The number of esters is 1. The molecule has 0 amide bonds. The van der Waals surface area contributed by atoms with Crippen LogP contribution in [0.2, 0.25) is 0 Å². The molecule has 2 aromatic carbocycles. The second kappa shape index (κ2) is 7.13. The molecule has 3 aromatic rings. The molecular weight excluding hydrogens is 420 g/mol. The van der Waals surface area contributed by atoms with Crippen molar-refractivity contribution in [3.8, 4) is 0 Å². The van der Waals surface area contributed by atoms with Crippen LogP contribution < -0.4 is 4.72 Å². The van der Waals surface area contributed by atoms with Gasteiger partial charge in [0.25, 0.3) is 0 Å². The number of anilines is 1. The molecule has 0 saturated carbocycles. The second-order valence-electron chi connectivity index (χ2n) is 5.85. The van der Waals surface area contributed by atoms with Crippen LogP contribution in [0.15, 0.2) is 59.2 Å². The number of fused-ring (bicyclic) bond motifs is 1. The first-order valence-corrected chi connectivity index (χ1v) is 10.4. The van der Waals surface area contributed by atoms with Crippen LogP contribution >= 0.6 is 15.9 Å². The van der Waals surface area contributed by atoms with Crippen molar-refractivity contribution in [3.63, 3.8) is 0 Å². The molecule has 136 valence electrons. The fourth-order valence-corrected chi connectivity index (χ4v) is 3.59. The van der Waals surface area contributed by atoms with Gasteiger partial charge in [0.15, 0.2) is 0 Å². The number of ether oxygens (including phenoxy) is 1. The van der Waals surface area contributed by atoms with Crippen LogP contribution in [0.5, 0.6) is 0 Å². The quantitative estimate of drug-likeness (QED) is 0.615. The van der Waals surface area contributed by atoms with Crippen molar-refractivity contribution < 1.29 is 17.9 Å². The summed E-state index contributed by atoms with van der Waals surface area (Å²) in [6.07, 6.45) is 2.21. The van der Waals surface area contributed by atoms with Crippen LogP contribution in [0.4, 0.5) is 5.69 Å². The third kappa shape index (κ3) is 4.08. The van der Waals surface area contributed by atoms with Crippen LogP contribution in [0.1, 0.15) is 18.7 Å². The molecule has 0 radical (unpaired) electrons. The lowest BCUT2D eigenvalue weighted by atomic mass is 10.2. The van der Waals surface area contributed by atoms with Crippen molar-refractivity contribution in [2.45, 2.75) is 13.2 Å². The van der Waals surface area contributed by atoms with E-state index in [0.717, 1.165) is 21.8 Å². The van der Waals surface area contributed by atoms with Crippen molar-refractivity contribution in [3.05, 3.63) is 64.8 Å². The standard InChI is InChI=1S/C18H17BrN2O4S/c1-12(22)25-18(13-6-8-14(19)9-7-13)21-11-10-15-16(20-26(2,23)24)4-3-5-17(15)21/h3-11,18,20H,1-2H3. The summed E-state index contributed by atoms with van der Waals surface area (Å²) in [7, 11) is -3.41. The van der Waals surface area contributed by atoms with Gasteiger partial charge in [0.2, 0.25) is 16.3 Å². The Morgan fingerprint density at radius 2 is 1.85 bits per heavy atom. The van der Waals surface area contributed by atoms with Crippen molar-refractivity contribution in [1.82, 2.24) is 4.57 Å². The molecule has 0 spiro atoms. The molecule has 3 rings (SSSR count). The number of carbonyl (C=O) groups excluding carboxylic acids is 1. The molecule has 6 nitrogen and oxygen atoms in total. The lowest BCUT2D eigenvalue weighted by Gasteiger charge is -2.20. The molecule has 26 heavy (non-hydrogen) atoms. The number of hydrogen-bond donors (Lipinski definition) is 1. The van der Waals surface area contributed by atoms with E-state index in [4.69, 9.17) is 4.74 Å². The number of sulfonamides is 1. The van der Waals surface area contributed by atoms with Crippen LogP contribution in [-0.4, -0.2) is 25.2 Å². The molecule has 0 aliphatic carbocycles. The Balaban J connectivity index is 2.12. The Kier molecular flexibility index (Phi) is 5.06. The van der Waals surface area contributed by atoms with Crippen molar-refractivity contribution in [1.29, 1.82) is 0 Å². The fraction of sp³-hybridized carbons (Fsp3) is 0.167. The SMILES string of the molecule is CC(=O)OC(c1ccc(Br)cc1)n1ccc2c(NS(C)(=O)=O)cccc21. The highest BCUT2D eigenvalue weighted by Crippen LogP contribution is 2.31. The number of rotatable bonds is 5. The maximum atomic E-state index is 11.6. The van der Waals surface area contributed by atoms with Gasteiger partial charge in [0.05, 0.1) is 17.5 Å². The summed E-state index contributed by atoms with van der Waals surface area (Å²) in [4.78, 5) is 11.6. The Hall–Kier alpha value is -2.32. The van der Waals surface area contributed by atoms with Crippen LogP contribution in [0.3, 0.4) is 0 Å². The summed E-state index contributed by atoms with van der Waals surface area (Å²) in [5, 5.41) is 0.715.